The smallest absolute Gasteiger partial charge is 0.194 e. The van der Waals surface area contributed by atoms with Gasteiger partial charge in [0.1, 0.15) is 0 Å². The summed E-state index contributed by atoms with van der Waals surface area (Å²) in [6.45, 7) is 0.500. The van der Waals surface area contributed by atoms with E-state index in [1.807, 2.05) is 0 Å². The average Bonchev–Trinajstić information content (AvgIpc) is 2.73. The number of nitrogens with two attached hydrogens (primary N) is 1. The summed E-state index contributed by atoms with van der Waals surface area (Å²) in [5, 5.41) is 3.96. The molecule has 0 aliphatic carbocycles. The first-order valence-electron chi connectivity index (χ1n) is 4.95. The van der Waals surface area contributed by atoms with E-state index in [0.717, 1.165) is 17.7 Å². The van der Waals surface area contributed by atoms with E-state index in [1.165, 1.54) is 4.68 Å². The molecular weight excluding hydrogens is 231 g/mol. The molecule has 2 N–H and O–H groups in total. The number of rotatable bonds is 3. The van der Waals surface area contributed by atoms with Crippen LogP contribution in [0.3, 0.4) is 0 Å². The summed E-state index contributed by atoms with van der Waals surface area (Å²) in [6.07, 6.45) is 3.23. The fourth-order valence-corrected chi connectivity index (χ4v) is 1.48. The van der Waals surface area contributed by atoms with Crippen molar-refractivity contribution in [3.63, 3.8) is 0 Å². The fraction of sp³-hybridized carbons (Fsp3) is 0.182. The van der Waals surface area contributed by atoms with Crippen molar-refractivity contribution in [3.8, 4) is 0 Å². The zero-order chi connectivity index (χ0) is 12.4. The Hall–Kier alpha value is -1.82. The lowest BCUT2D eigenvalue weighted by atomic mass is 10.2. The third-order valence-corrected chi connectivity index (χ3v) is 2.31. The highest BCUT2D eigenvalue weighted by molar-refractivity contribution is 5.20. The fourth-order valence-electron chi connectivity index (χ4n) is 1.48. The number of hydrogen-bond donors (Lipinski definition) is 1. The van der Waals surface area contributed by atoms with Gasteiger partial charge in [0.25, 0.3) is 0 Å². The predicted octanol–water partition coefficient (Wildman–Crippen LogP) is 1.81. The molecule has 0 fully saturated rings. The molecule has 17 heavy (non-hydrogen) atoms. The molecule has 0 unspecified atom stereocenters. The minimum atomic E-state index is -1.46. The van der Waals surface area contributed by atoms with E-state index >= 15 is 0 Å². The molecule has 3 nitrogen and oxygen atoms in total. The van der Waals surface area contributed by atoms with Crippen LogP contribution >= 0.6 is 0 Å². The van der Waals surface area contributed by atoms with Crippen molar-refractivity contribution in [3.05, 3.63) is 53.1 Å². The summed E-state index contributed by atoms with van der Waals surface area (Å²) in [5.74, 6) is -3.87. The number of aromatic nitrogens is 2. The third kappa shape index (κ3) is 2.47. The van der Waals surface area contributed by atoms with Crippen LogP contribution in [0.25, 0.3) is 0 Å². The Bertz CT molecular complexity index is 514. The van der Waals surface area contributed by atoms with Gasteiger partial charge < -0.3 is 5.73 Å². The molecule has 0 aliphatic rings. The van der Waals surface area contributed by atoms with Gasteiger partial charge in [-0.2, -0.15) is 5.10 Å². The zero-order valence-electron chi connectivity index (χ0n) is 8.83. The van der Waals surface area contributed by atoms with Crippen molar-refractivity contribution in [2.24, 2.45) is 5.73 Å². The van der Waals surface area contributed by atoms with Gasteiger partial charge in [-0.1, -0.05) is 0 Å². The van der Waals surface area contributed by atoms with Crippen LogP contribution in [-0.2, 0) is 13.1 Å². The van der Waals surface area contributed by atoms with Crippen LogP contribution in [-0.4, -0.2) is 9.78 Å². The van der Waals surface area contributed by atoms with Crippen molar-refractivity contribution >= 4 is 0 Å². The van der Waals surface area contributed by atoms with Gasteiger partial charge in [-0.25, -0.2) is 13.2 Å². The molecule has 0 spiro atoms. The summed E-state index contributed by atoms with van der Waals surface area (Å²) < 4.78 is 40.1. The van der Waals surface area contributed by atoms with Gasteiger partial charge in [0, 0.05) is 18.3 Å². The molecule has 0 saturated heterocycles. The maximum Gasteiger partial charge on any atom is 0.194 e. The maximum atomic E-state index is 12.9. The van der Waals surface area contributed by atoms with E-state index in [9.17, 15) is 13.2 Å². The lowest BCUT2D eigenvalue weighted by Crippen LogP contribution is -2.03. The molecule has 0 radical (unpaired) electrons. The van der Waals surface area contributed by atoms with Crippen molar-refractivity contribution in [1.82, 2.24) is 9.78 Å². The molecule has 1 aromatic carbocycles. The minimum absolute atomic E-state index is 0.161. The molecule has 1 aromatic heterocycles. The van der Waals surface area contributed by atoms with Gasteiger partial charge in [-0.15, -0.1) is 0 Å². The van der Waals surface area contributed by atoms with E-state index < -0.39 is 17.5 Å². The second-order valence-corrected chi connectivity index (χ2v) is 3.62. The Morgan fingerprint density at radius 2 is 1.76 bits per heavy atom. The predicted molar refractivity (Wildman–Crippen MR) is 55.5 cm³/mol. The maximum absolute atomic E-state index is 12.9. The number of halogens is 3. The standard InChI is InChI=1S/C11H10F3N3/c12-9-1-7(2-10(13)11(9)14)5-17-6-8(3-15)4-16-17/h1-2,4,6H,3,5,15H2. The highest BCUT2D eigenvalue weighted by Gasteiger charge is 2.10. The lowest BCUT2D eigenvalue weighted by molar-refractivity contribution is 0.444. The van der Waals surface area contributed by atoms with Crippen molar-refractivity contribution in [2.75, 3.05) is 0 Å². The van der Waals surface area contributed by atoms with Crippen LogP contribution in [0.15, 0.2) is 24.5 Å². The van der Waals surface area contributed by atoms with E-state index in [1.54, 1.807) is 12.4 Å². The van der Waals surface area contributed by atoms with Crippen molar-refractivity contribution in [1.29, 1.82) is 0 Å². The van der Waals surface area contributed by atoms with Gasteiger partial charge in [0.15, 0.2) is 17.5 Å². The number of nitrogens with zero attached hydrogens (tertiary/aromatic N) is 2. The van der Waals surface area contributed by atoms with Crippen LogP contribution in [0.1, 0.15) is 11.1 Å². The van der Waals surface area contributed by atoms with E-state index in [2.05, 4.69) is 5.10 Å². The Kier molecular flexibility index (Phi) is 3.14. The summed E-state index contributed by atoms with van der Waals surface area (Å²) >= 11 is 0. The highest BCUT2D eigenvalue weighted by Crippen LogP contribution is 2.14. The first kappa shape index (κ1) is 11.7. The quantitative estimate of drug-likeness (QED) is 0.833. The second-order valence-electron chi connectivity index (χ2n) is 3.62. The molecule has 2 aromatic rings. The summed E-state index contributed by atoms with van der Waals surface area (Å²) in [7, 11) is 0. The molecule has 90 valence electrons. The molecule has 0 amide bonds. The first-order chi connectivity index (χ1) is 8.10. The first-order valence-corrected chi connectivity index (χ1v) is 4.95. The largest absolute Gasteiger partial charge is 0.326 e. The van der Waals surface area contributed by atoms with Gasteiger partial charge in [-0.05, 0) is 17.7 Å². The van der Waals surface area contributed by atoms with E-state index in [-0.39, 0.29) is 6.54 Å². The van der Waals surface area contributed by atoms with Gasteiger partial charge in [-0.3, -0.25) is 4.68 Å². The SMILES string of the molecule is NCc1cnn(Cc2cc(F)c(F)c(F)c2)c1. The van der Waals surface area contributed by atoms with Crippen LogP contribution in [0, 0.1) is 17.5 Å². The van der Waals surface area contributed by atoms with Crippen LogP contribution in [0.2, 0.25) is 0 Å². The van der Waals surface area contributed by atoms with Crippen molar-refractivity contribution in [2.45, 2.75) is 13.1 Å². The van der Waals surface area contributed by atoms with Crippen LogP contribution in [0.5, 0.6) is 0 Å². The zero-order valence-corrected chi connectivity index (χ0v) is 8.83. The second kappa shape index (κ2) is 4.58. The number of hydrogen-bond acceptors (Lipinski definition) is 2. The molecule has 0 atom stereocenters. The number of benzene rings is 1. The van der Waals surface area contributed by atoms with Gasteiger partial charge >= 0.3 is 0 Å². The topological polar surface area (TPSA) is 43.8 Å². The summed E-state index contributed by atoms with van der Waals surface area (Å²) in [4.78, 5) is 0. The molecule has 0 bridgehead atoms. The van der Waals surface area contributed by atoms with Crippen LogP contribution < -0.4 is 5.73 Å². The third-order valence-electron chi connectivity index (χ3n) is 2.31. The monoisotopic (exact) mass is 241 g/mol. The molecule has 0 saturated carbocycles. The van der Waals surface area contributed by atoms with Gasteiger partial charge in [0.2, 0.25) is 0 Å². The van der Waals surface area contributed by atoms with E-state index in [0.29, 0.717) is 12.1 Å². The Morgan fingerprint density at radius 1 is 1.12 bits per heavy atom. The average molecular weight is 241 g/mol. The summed E-state index contributed by atoms with van der Waals surface area (Å²) in [5.41, 5.74) is 6.51. The Balaban J connectivity index is 2.24. The Labute approximate surface area is 95.7 Å². The molecule has 2 rings (SSSR count). The Morgan fingerprint density at radius 3 is 2.29 bits per heavy atom. The lowest BCUT2D eigenvalue weighted by Gasteiger charge is -2.03. The molecule has 0 aliphatic heterocycles. The molecular formula is C11H10F3N3. The van der Waals surface area contributed by atoms with E-state index in [4.69, 9.17) is 5.73 Å². The van der Waals surface area contributed by atoms with Gasteiger partial charge in [0.05, 0.1) is 12.7 Å². The molecule has 6 heteroatoms. The molecule has 1 heterocycles. The normalized spacial score (nSPS) is 10.8. The van der Waals surface area contributed by atoms with Crippen LogP contribution in [0.4, 0.5) is 13.2 Å². The van der Waals surface area contributed by atoms with Crippen molar-refractivity contribution < 1.29 is 13.2 Å². The summed E-state index contributed by atoms with van der Waals surface area (Å²) in [6, 6.07) is 1.89. The highest BCUT2D eigenvalue weighted by atomic mass is 19.2. The minimum Gasteiger partial charge on any atom is -0.326 e.